The molecular formula is C24H32N6O7S. The number of hydrogen-bond acceptors (Lipinski definition) is 10. The highest BCUT2D eigenvalue weighted by Crippen LogP contribution is 2.25. The average Bonchev–Trinajstić information content (AvgIpc) is 2.90. The Bertz CT molecular complexity index is 1190. The highest BCUT2D eigenvalue weighted by molar-refractivity contribution is 7.89. The molecule has 1 aliphatic heterocycles. The van der Waals surface area contributed by atoms with Gasteiger partial charge in [-0.15, -0.1) is 0 Å². The summed E-state index contributed by atoms with van der Waals surface area (Å²) < 4.78 is 31.1. The molecule has 2 aromatic rings. The molecule has 1 fully saturated rings. The Hall–Kier alpha value is -3.78. The maximum Gasteiger partial charge on any atom is 0.323 e. The summed E-state index contributed by atoms with van der Waals surface area (Å²) in [6.45, 7) is 1.47. The Morgan fingerprint density at radius 1 is 1.16 bits per heavy atom. The quantitative estimate of drug-likeness (QED) is 0.207. The molecule has 0 saturated carbocycles. The zero-order valence-electron chi connectivity index (χ0n) is 21.0. The number of hydrogen-bond donors (Lipinski definition) is 4. The average molecular weight is 549 g/mol. The molecule has 1 unspecified atom stereocenters. The van der Waals surface area contributed by atoms with Crippen LogP contribution in [-0.4, -0.2) is 79.0 Å². The van der Waals surface area contributed by atoms with E-state index in [4.69, 9.17) is 0 Å². The molecule has 0 radical (unpaired) electrons. The zero-order chi connectivity index (χ0) is 27.5. The number of amides is 1. The van der Waals surface area contributed by atoms with Crippen LogP contribution in [0.25, 0.3) is 0 Å². The van der Waals surface area contributed by atoms with E-state index in [2.05, 4.69) is 35.0 Å². The van der Waals surface area contributed by atoms with Crippen molar-refractivity contribution in [3.8, 4) is 0 Å². The van der Waals surface area contributed by atoms with Gasteiger partial charge in [0.2, 0.25) is 16.0 Å². The molecule has 14 heteroatoms. The number of nitrogens with one attached hydrogen (secondary N) is 3. The third kappa shape index (κ3) is 8.95. The lowest BCUT2D eigenvalue weighted by Crippen LogP contribution is -2.49. The van der Waals surface area contributed by atoms with Crippen LogP contribution >= 0.6 is 0 Å². The summed E-state index contributed by atoms with van der Waals surface area (Å²) >= 11 is 0. The third-order valence-electron chi connectivity index (χ3n) is 5.77. The number of carboxylic acid groups (broad SMARTS) is 1. The van der Waals surface area contributed by atoms with E-state index < -0.39 is 46.2 Å². The minimum absolute atomic E-state index is 0.00568. The van der Waals surface area contributed by atoms with Gasteiger partial charge in [0.25, 0.3) is 5.91 Å². The van der Waals surface area contributed by atoms with Crippen molar-refractivity contribution in [2.75, 3.05) is 35.7 Å². The van der Waals surface area contributed by atoms with Crippen LogP contribution in [0.5, 0.6) is 0 Å². The van der Waals surface area contributed by atoms with Gasteiger partial charge in [0.1, 0.15) is 12.2 Å². The highest BCUT2D eigenvalue weighted by atomic mass is 32.2. The largest absolute Gasteiger partial charge is 0.480 e. The summed E-state index contributed by atoms with van der Waals surface area (Å²) in [6, 6.07) is 7.06. The second-order valence-corrected chi connectivity index (χ2v) is 10.6. The van der Waals surface area contributed by atoms with Crippen molar-refractivity contribution < 1.29 is 32.6 Å². The van der Waals surface area contributed by atoms with Gasteiger partial charge in [-0.05, 0) is 56.0 Å². The van der Waals surface area contributed by atoms with Crippen molar-refractivity contribution in [3.05, 3.63) is 48.3 Å². The second-order valence-electron chi connectivity index (χ2n) is 8.70. The molecule has 3 rings (SSSR count). The lowest BCUT2D eigenvalue weighted by molar-refractivity contribution is -0.141. The fourth-order valence-electron chi connectivity index (χ4n) is 3.93. The van der Waals surface area contributed by atoms with Crippen molar-refractivity contribution in [1.82, 2.24) is 20.0 Å². The van der Waals surface area contributed by atoms with Gasteiger partial charge in [-0.2, -0.15) is 4.72 Å². The van der Waals surface area contributed by atoms with Gasteiger partial charge in [0.05, 0.1) is 12.4 Å². The van der Waals surface area contributed by atoms with E-state index >= 15 is 0 Å². The van der Waals surface area contributed by atoms with Crippen molar-refractivity contribution >= 4 is 39.5 Å². The van der Waals surface area contributed by atoms with Crippen LogP contribution in [0.4, 0.5) is 11.6 Å². The Morgan fingerprint density at radius 2 is 1.87 bits per heavy atom. The number of carbonyl (C=O) groups is 3. The molecule has 206 valence electrons. The van der Waals surface area contributed by atoms with Crippen LogP contribution in [0.3, 0.4) is 0 Å². The van der Waals surface area contributed by atoms with E-state index in [9.17, 15) is 27.9 Å². The number of carboxylic acids is 1. The molecule has 0 bridgehead atoms. The number of anilines is 2. The first kappa shape index (κ1) is 28.8. The fourth-order valence-corrected chi connectivity index (χ4v) is 5.17. The van der Waals surface area contributed by atoms with E-state index in [1.54, 1.807) is 42.7 Å². The van der Waals surface area contributed by atoms with Gasteiger partial charge in [0.15, 0.2) is 0 Å². The highest BCUT2D eigenvalue weighted by Gasteiger charge is 2.26. The Balaban J connectivity index is 1.56. The SMILES string of the molecule is CC(=O)OCCCS(=O)(=O)N[C@@H](CNC(=O)c1ccc(N2CCCCC2Nc2ncccn2)cc1)C(=O)O. The van der Waals surface area contributed by atoms with Crippen LogP contribution in [0.15, 0.2) is 42.7 Å². The standard InChI is InChI=1S/C24H32N6O7S/c1-17(31)37-14-5-15-38(35,36)29-20(23(33)34)16-27-22(32)18-7-9-19(10-8-18)30-13-3-2-6-21(30)28-24-25-11-4-12-26-24/h4,7-12,20-21,29H,2-3,5-6,13-16H2,1H3,(H,27,32)(H,33,34)(H,25,26,28)/t20-,21?/m0/s1. The molecule has 2 heterocycles. The van der Waals surface area contributed by atoms with Crippen LogP contribution in [0.1, 0.15) is 43.0 Å². The maximum absolute atomic E-state index is 12.6. The predicted molar refractivity (Wildman–Crippen MR) is 139 cm³/mol. The molecular weight excluding hydrogens is 516 g/mol. The molecule has 1 aliphatic rings. The van der Waals surface area contributed by atoms with Crippen LogP contribution in [-0.2, 0) is 24.3 Å². The number of aliphatic carboxylic acids is 1. The van der Waals surface area contributed by atoms with Gasteiger partial charge >= 0.3 is 11.9 Å². The smallest absolute Gasteiger partial charge is 0.323 e. The second kappa shape index (κ2) is 13.7. The normalized spacial score (nSPS) is 16.3. The maximum atomic E-state index is 12.6. The van der Waals surface area contributed by atoms with E-state index in [-0.39, 0.29) is 19.2 Å². The van der Waals surface area contributed by atoms with Crippen molar-refractivity contribution in [1.29, 1.82) is 0 Å². The number of esters is 1. The molecule has 38 heavy (non-hydrogen) atoms. The van der Waals surface area contributed by atoms with E-state index in [1.165, 1.54) is 6.92 Å². The number of nitrogens with zero attached hydrogens (tertiary/aromatic N) is 3. The molecule has 1 saturated heterocycles. The van der Waals surface area contributed by atoms with Crippen molar-refractivity contribution in [2.45, 2.75) is 44.8 Å². The minimum Gasteiger partial charge on any atom is -0.480 e. The van der Waals surface area contributed by atoms with Gasteiger partial charge in [-0.1, -0.05) is 0 Å². The monoisotopic (exact) mass is 548 g/mol. The van der Waals surface area contributed by atoms with Crippen molar-refractivity contribution in [2.24, 2.45) is 0 Å². The van der Waals surface area contributed by atoms with Crippen LogP contribution < -0.4 is 20.3 Å². The fraction of sp³-hybridized carbons (Fsp3) is 0.458. The molecule has 0 aliphatic carbocycles. The number of carbonyl (C=O) groups excluding carboxylic acids is 2. The topological polar surface area (TPSA) is 180 Å². The number of rotatable bonds is 13. The van der Waals surface area contributed by atoms with Gasteiger partial charge in [-0.3, -0.25) is 14.4 Å². The molecule has 4 N–H and O–H groups in total. The van der Waals surface area contributed by atoms with E-state index in [0.717, 1.165) is 31.5 Å². The van der Waals surface area contributed by atoms with Crippen LogP contribution in [0, 0.1) is 0 Å². The number of ether oxygens (including phenoxy) is 1. The van der Waals surface area contributed by atoms with Gasteiger partial charge in [-0.25, -0.2) is 18.4 Å². The molecule has 2 atom stereocenters. The summed E-state index contributed by atoms with van der Waals surface area (Å²) in [7, 11) is -3.98. The molecule has 13 nitrogen and oxygen atoms in total. The van der Waals surface area contributed by atoms with E-state index in [1.807, 2.05) is 0 Å². The third-order valence-corrected chi connectivity index (χ3v) is 7.24. The first-order chi connectivity index (χ1) is 18.1. The van der Waals surface area contributed by atoms with E-state index in [0.29, 0.717) is 11.5 Å². The Kier molecular flexibility index (Phi) is 10.4. The molecule has 1 aromatic carbocycles. The summed E-state index contributed by atoms with van der Waals surface area (Å²) in [4.78, 5) is 45.6. The zero-order valence-corrected chi connectivity index (χ0v) is 21.8. The minimum atomic E-state index is -3.98. The first-order valence-corrected chi connectivity index (χ1v) is 13.8. The lowest BCUT2D eigenvalue weighted by Gasteiger charge is -2.38. The predicted octanol–water partition coefficient (Wildman–Crippen LogP) is 0.961. The Labute approximate surface area is 221 Å². The number of sulfonamides is 1. The van der Waals surface area contributed by atoms with Crippen LogP contribution in [0.2, 0.25) is 0 Å². The molecule has 1 amide bonds. The summed E-state index contributed by atoms with van der Waals surface area (Å²) in [5, 5.41) is 15.2. The molecule has 0 spiro atoms. The van der Waals surface area contributed by atoms with Crippen molar-refractivity contribution in [3.63, 3.8) is 0 Å². The lowest BCUT2D eigenvalue weighted by atomic mass is 10.1. The van der Waals surface area contributed by atoms with Gasteiger partial charge in [0, 0.05) is 43.7 Å². The molecule has 1 aromatic heterocycles. The first-order valence-electron chi connectivity index (χ1n) is 12.2. The number of piperidine rings is 1. The summed E-state index contributed by atoms with van der Waals surface area (Å²) in [5.74, 6) is -2.41. The van der Waals surface area contributed by atoms with Gasteiger partial charge < -0.3 is 25.4 Å². The summed E-state index contributed by atoms with van der Waals surface area (Å²) in [5.41, 5.74) is 1.20. The Morgan fingerprint density at radius 3 is 2.53 bits per heavy atom. The number of benzene rings is 1. The summed E-state index contributed by atoms with van der Waals surface area (Å²) in [6.07, 6.45) is 6.31. The number of aromatic nitrogens is 2.